The first-order chi connectivity index (χ1) is 11.6. The molecule has 2 aromatic rings. The van der Waals surface area contributed by atoms with Gasteiger partial charge in [-0.2, -0.15) is 10.5 Å². The lowest BCUT2D eigenvalue weighted by molar-refractivity contribution is 0.673. The van der Waals surface area contributed by atoms with Gasteiger partial charge in [0.05, 0.1) is 12.0 Å². The lowest BCUT2D eigenvalue weighted by atomic mass is 9.85. The zero-order chi connectivity index (χ0) is 17.6. The maximum absolute atomic E-state index is 9.65. The van der Waals surface area contributed by atoms with E-state index in [-0.39, 0.29) is 6.42 Å². The van der Waals surface area contributed by atoms with Crippen molar-refractivity contribution in [1.29, 1.82) is 10.5 Å². The van der Waals surface area contributed by atoms with Crippen LogP contribution in [-0.2, 0) is 12.0 Å². The van der Waals surface area contributed by atoms with Crippen molar-refractivity contribution in [3.63, 3.8) is 0 Å². The van der Waals surface area contributed by atoms with Crippen LogP contribution < -0.4 is 0 Å². The van der Waals surface area contributed by atoms with Crippen LogP contribution in [0.2, 0.25) is 0 Å². The van der Waals surface area contributed by atoms with Crippen LogP contribution in [0, 0.1) is 42.7 Å². The lowest BCUT2D eigenvalue weighted by Gasteiger charge is -2.15. The van der Waals surface area contributed by atoms with E-state index in [0.29, 0.717) is 11.1 Å². The summed E-state index contributed by atoms with van der Waals surface area (Å²) in [7, 11) is 0. The molecule has 4 nitrogen and oxygen atoms in total. The SMILES string of the molecule is [C-]#[N+]C(C#N)c1ccc(C(C#N)(Cc2ccc(C)cc2)[N+]#[C-])cc1. The third-order valence-corrected chi connectivity index (χ3v) is 3.91. The van der Waals surface area contributed by atoms with Gasteiger partial charge in [0.2, 0.25) is 0 Å². The van der Waals surface area contributed by atoms with Crippen molar-refractivity contribution in [3.05, 3.63) is 93.6 Å². The molecule has 0 aliphatic carbocycles. The largest absolute Gasteiger partial charge is 0.344 e. The zero-order valence-corrected chi connectivity index (χ0v) is 13.2. The van der Waals surface area contributed by atoms with Gasteiger partial charge in [-0.3, -0.25) is 9.69 Å². The second-order valence-electron chi connectivity index (χ2n) is 5.53. The van der Waals surface area contributed by atoms with Gasteiger partial charge >= 0.3 is 11.6 Å². The zero-order valence-electron chi connectivity index (χ0n) is 13.2. The van der Waals surface area contributed by atoms with Crippen molar-refractivity contribution < 1.29 is 0 Å². The molecule has 0 aliphatic rings. The first-order valence-electron chi connectivity index (χ1n) is 7.30. The maximum atomic E-state index is 9.65. The molecule has 0 spiro atoms. The molecule has 2 aromatic carbocycles. The van der Waals surface area contributed by atoms with Crippen LogP contribution in [0.4, 0.5) is 0 Å². The molecular weight excluding hydrogens is 296 g/mol. The highest BCUT2D eigenvalue weighted by molar-refractivity contribution is 5.42. The Morgan fingerprint density at radius 2 is 1.67 bits per heavy atom. The quantitative estimate of drug-likeness (QED) is 0.788. The van der Waals surface area contributed by atoms with Gasteiger partial charge in [0.25, 0.3) is 0 Å². The van der Waals surface area contributed by atoms with E-state index in [9.17, 15) is 5.26 Å². The topological polar surface area (TPSA) is 56.3 Å². The summed E-state index contributed by atoms with van der Waals surface area (Å²) in [5.41, 5.74) is 1.87. The predicted molar refractivity (Wildman–Crippen MR) is 90.2 cm³/mol. The van der Waals surface area contributed by atoms with E-state index >= 15 is 0 Å². The van der Waals surface area contributed by atoms with Gasteiger partial charge in [0.1, 0.15) is 0 Å². The maximum Gasteiger partial charge on any atom is 0.344 e. The Morgan fingerprint density at radius 1 is 1.04 bits per heavy atom. The second kappa shape index (κ2) is 7.11. The van der Waals surface area contributed by atoms with E-state index in [0.717, 1.165) is 11.1 Å². The fraction of sp³-hybridized carbons (Fsp3) is 0.200. The van der Waals surface area contributed by atoms with Crippen LogP contribution >= 0.6 is 0 Å². The fourth-order valence-corrected chi connectivity index (χ4v) is 2.46. The van der Waals surface area contributed by atoms with E-state index in [1.807, 2.05) is 37.3 Å². The molecule has 0 saturated heterocycles. The van der Waals surface area contributed by atoms with Gasteiger partial charge in [0, 0.05) is 5.56 Å². The summed E-state index contributed by atoms with van der Waals surface area (Å²) in [6.45, 7) is 16.5. The average Bonchev–Trinajstić information content (AvgIpc) is 2.63. The third kappa shape index (κ3) is 3.25. The highest BCUT2D eigenvalue weighted by Crippen LogP contribution is 2.31. The Hall–Kier alpha value is -3.60. The normalized spacial score (nSPS) is 13.4. The molecule has 0 aromatic heterocycles. The minimum absolute atomic E-state index is 0.289. The van der Waals surface area contributed by atoms with E-state index in [1.165, 1.54) is 0 Å². The Balaban J connectivity index is 2.39. The monoisotopic (exact) mass is 310 g/mol. The van der Waals surface area contributed by atoms with Gasteiger partial charge in [-0.05, 0) is 36.8 Å². The van der Waals surface area contributed by atoms with E-state index in [1.54, 1.807) is 24.3 Å². The minimum atomic E-state index is -1.31. The standard InChI is InChI=1S/C20H14N4/c1-15-4-6-16(7-5-15)12-20(14-22,24-3)18-10-8-17(9-11-18)19(13-21)23-2/h4-11,19H,12H2,1H3. The minimum Gasteiger partial charge on any atom is -0.292 e. The van der Waals surface area contributed by atoms with Gasteiger partial charge in [-0.25, -0.2) is 13.1 Å². The molecule has 0 heterocycles. The van der Waals surface area contributed by atoms with E-state index in [2.05, 4.69) is 15.8 Å². The molecule has 0 saturated carbocycles. The highest BCUT2D eigenvalue weighted by Gasteiger charge is 2.39. The van der Waals surface area contributed by atoms with Crippen molar-refractivity contribution in [2.45, 2.75) is 24.9 Å². The fourth-order valence-electron chi connectivity index (χ4n) is 2.46. The van der Waals surface area contributed by atoms with Crippen molar-refractivity contribution in [2.24, 2.45) is 0 Å². The first kappa shape index (κ1) is 16.8. The van der Waals surface area contributed by atoms with Crippen molar-refractivity contribution in [2.75, 3.05) is 0 Å². The third-order valence-electron chi connectivity index (χ3n) is 3.91. The number of hydrogen-bond acceptors (Lipinski definition) is 2. The Bertz CT molecular complexity index is 854. The highest BCUT2D eigenvalue weighted by atomic mass is 14.8. The van der Waals surface area contributed by atoms with Crippen LogP contribution in [0.3, 0.4) is 0 Å². The first-order valence-corrected chi connectivity index (χ1v) is 7.30. The van der Waals surface area contributed by atoms with Crippen molar-refractivity contribution in [1.82, 2.24) is 0 Å². The summed E-state index contributed by atoms with van der Waals surface area (Å²) in [5.74, 6) is 0. The van der Waals surface area contributed by atoms with Gasteiger partial charge in [-0.15, -0.1) is 0 Å². The Labute approximate surface area is 141 Å². The Morgan fingerprint density at radius 3 is 2.12 bits per heavy atom. The second-order valence-corrected chi connectivity index (χ2v) is 5.53. The molecule has 114 valence electrons. The van der Waals surface area contributed by atoms with Gasteiger partial charge in [0.15, 0.2) is 12.1 Å². The molecule has 0 aliphatic heterocycles. The lowest BCUT2D eigenvalue weighted by Crippen LogP contribution is -2.22. The molecule has 2 rings (SSSR count). The van der Waals surface area contributed by atoms with Crippen LogP contribution in [0.15, 0.2) is 48.5 Å². The number of nitrogens with zero attached hydrogens (tertiary/aromatic N) is 4. The summed E-state index contributed by atoms with van der Waals surface area (Å²) >= 11 is 0. The molecular formula is C20H14N4. The van der Waals surface area contributed by atoms with Crippen LogP contribution in [0.25, 0.3) is 9.69 Å². The summed E-state index contributed by atoms with van der Waals surface area (Å²) in [5, 5.41) is 18.6. The molecule has 24 heavy (non-hydrogen) atoms. The van der Waals surface area contributed by atoms with Crippen LogP contribution in [-0.4, -0.2) is 0 Å². The van der Waals surface area contributed by atoms with E-state index < -0.39 is 11.6 Å². The summed E-state index contributed by atoms with van der Waals surface area (Å²) < 4.78 is 0. The molecule has 4 heteroatoms. The Kier molecular flexibility index (Phi) is 4.96. The van der Waals surface area contributed by atoms with Gasteiger partial charge < -0.3 is 0 Å². The predicted octanol–water partition coefficient (Wildman–Crippen LogP) is 4.36. The molecule has 0 fully saturated rings. The van der Waals surface area contributed by atoms with Crippen LogP contribution in [0.1, 0.15) is 28.3 Å². The smallest absolute Gasteiger partial charge is 0.292 e. The molecule has 0 bridgehead atoms. The summed E-state index contributed by atoms with van der Waals surface area (Å²) in [6, 6.07) is 17.6. The van der Waals surface area contributed by atoms with Crippen LogP contribution in [0.5, 0.6) is 0 Å². The summed E-state index contributed by atoms with van der Waals surface area (Å²) in [4.78, 5) is 6.85. The molecule has 0 amide bonds. The van der Waals surface area contributed by atoms with E-state index in [4.69, 9.17) is 18.4 Å². The average molecular weight is 310 g/mol. The molecule has 2 unspecified atom stereocenters. The van der Waals surface area contributed by atoms with Crippen molar-refractivity contribution in [3.8, 4) is 12.1 Å². The number of rotatable bonds is 4. The van der Waals surface area contributed by atoms with Crippen molar-refractivity contribution >= 4 is 0 Å². The summed E-state index contributed by atoms with van der Waals surface area (Å²) in [6.07, 6.45) is 0.289. The number of benzene rings is 2. The van der Waals surface area contributed by atoms with Gasteiger partial charge in [-0.1, -0.05) is 29.8 Å². The molecule has 2 atom stereocenters. The number of aryl methyl sites for hydroxylation is 1. The molecule has 0 radical (unpaired) electrons. The number of nitriles is 2. The molecule has 0 N–H and O–H groups in total. The number of hydrogen-bond donors (Lipinski definition) is 0.